The number of rotatable bonds is 9. The summed E-state index contributed by atoms with van der Waals surface area (Å²) in [6, 6.07) is 8.70. The number of hydrogen-bond donors (Lipinski definition) is 0. The Hall–Kier alpha value is -1.64. The summed E-state index contributed by atoms with van der Waals surface area (Å²) in [6.07, 6.45) is 14.2. The minimum absolute atomic E-state index is 0.484. The van der Waals surface area contributed by atoms with E-state index >= 15 is 0 Å². The van der Waals surface area contributed by atoms with Crippen LogP contribution < -0.4 is 0 Å². The Labute approximate surface area is 145 Å². The molecule has 1 heterocycles. The van der Waals surface area contributed by atoms with Crippen molar-refractivity contribution < 1.29 is 4.52 Å². The Morgan fingerprint density at radius 1 is 0.958 bits per heavy atom. The van der Waals surface area contributed by atoms with E-state index in [0.717, 1.165) is 17.3 Å². The molecule has 0 spiro atoms. The van der Waals surface area contributed by atoms with Gasteiger partial charge in [0.25, 0.3) is 0 Å². The zero-order valence-corrected chi connectivity index (χ0v) is 15.0. The van der Waals surface area contributed by atoms with Crippen LogP contribution in [0.1, 0.15) is 88.5 Å². The Morgan fingerprint density at radius 2 is 1.67 bits per heavy atom. The first kappa shape index (κ1) is 17.2. The highest BCUT2D eigenvalue weighted by Crippen LogP contribution is 2.33. The van der Waals surface area contributed by atoms with Crippen LogP contribution in [0.15, 0.2) is 28.8 Å². The minimum Gasteiger partial charge on any atom is -0.339 e. The molecule has 3 rings (SSSR count). The summed E-state index contributed by atoms with van der Waals surface area (Å²) in [5.74, 6) is 2.06. The van der Waals surface area contributed by atoms with Crippen molar-refractivity contribution in [2.24, 2.45) is 0 Å². The molecule has 2 aromatic rings. The van der Waals surface area contributed by atoms with E-state index in [1.54, 1.807) is 0 Å². The summed E-state index contributed by atoms with van der Waals surface area (Å²) in [5.41, 5.74) is 2.48. The molecular weight excluding hydrogens is 296 g/mol. The Kier molecular flexibility index (Phi) is 6.45. The number of nitrogens with zero attached hydrogens (tertiary/aromatic N) is 2. The number of aromatic nitrogens is 2. The van der Waals surface area contributed by atoms with Crippen LogP contribution in [0, 0.1) is 0 Å². The maximum Gasteiger partial charge on any atom is 0.230 e. The quantitative estimate of drug-likeness (QED) is 0.508. The van der Waals surface area contributed by atoms with Gasteiger partial charge in [-0.2, -0.15) is 4.98 Å². The smallest absolute Gasteiger partial charge is 0.230 e. The molecule has 1 aromatic carbocycles. The summed E-state index contributed by atoms with van der Waals surface area (Å²) in [4.78, 5) is 4.62. The average Bonchev–Trinajstić information content (AvgIpc) is 3.29. The fourth-order valence-electron chi connectivity index (χ4n) is 3.62. The van der Waals surface area contributed by atoms with Gasteiger partial charge in [-0.15, -0.1) is 0 Å². The molecule has 130 valence electrons. The number of aryl methyl sites for hydroxylation is 1. The van der Waals surface area contributed by atoms with Crippen molar-refractivity contribution in [2.45, 2.75) is 83.5 Å². The van der Waals surface area contributed by atoms with Crippen LogP contribution in [-0.2, 0) is 6.42 Å². The van der Waals surface area contributed by atoms with Crippen molar-refractivity contribution in [1.82, 2.24) is 10.1 Å². The van der Waals surface area contributed by atoms with E-state index in [1.165, 1.54) is 76.2 Å². The highest BCUT2D eigenvalue weighted by Gasteiger charge is 2.23. The van der Waals surface area contributed by atoms with Gasteiger partial charge < -0.3 is 4.52 Å². The van der Waals surface area contributed by atoms with Crippen LogP contribution >= 0.6 is 0 Å². The summed E-state index contributed by atoms with van der Waals surface area (Å²) in [5, 5.41) is 4.18. The first-order valence-corrected chi connectivity index (χ1v) is 9.79. The zero-order chi connectivity index (χ0) is 16.6. The summed E-state index contributed by atoms with van der Waals surface area (Å²) in [7, 11) is 0. The van der Waals surface area contributed by atoms with Crippen LogP contribution in [-0.4, -0.2) is 10.1 Å². The molecular formula is C21H30N2O. The summed E-state index contributed by atoms with van der Waals surface area (Å²) < 4.78 is 5.48. The molecule has 0 saturated heterocycles. The monoisotopic (exact) mass is 326 g/mol. The van der Waals surface area contributed by atoms with E-state index in [0.29, 0.717) is 5.92 Å². The SMILES string of the molecule is CCCCCCCCc1ccc(-c2noc(C3CCCC3)n2)cc1. The van der Waals surface area contributed by atoms with Crippen LogP contribution in [0.4, 0.5) is 0 Å². The van der Waals surface area contributed by atoms with Gasteiger partial charge in [-0.25, -0.2) is 0 Å². The minimum atomic E-state index is 0.484. The standard InChI is InChI=1S/C21H30N2O/c1-2-3-4-5-6-7-10-17-13-15-18(16-14-17)20-22-21(24-23-20)19-11-8-9-12-19/h13-16,19H,2-12H2,1H3. The first-order chi connectivity index (χ1) is 11.9. The zero-order valence-electron chi connectivity index (χ0n) is 15.0. The molecule has 0 unspecified atom stereocenters. The van der Waals surface area contributed by atoms with Gasteiger partial charge in [-0.1, -0.05) is 81.3 Å². The molecule has 1 aliphatic carbocycles. The van der Waals surface area contributed by atoms with E-state index in [4.69, 9.17) is 4.52 Å². The highest BCUT2D eigenvalue weighted by atomic mass is 16.5. The fourth-order valence-corrected chi connectivity index (χ4v) is 3.62. The van der Waals surface area contributed by atoms with Gasteiger partial charge in [-0.3, -0.25) is 0 Å². The number of unbranched alkanes of at least 4 members (excludes halogenated alkanes) is 5. The second kappa shape index (κ2) is 9.00. The second-order valence-corrected chi connectivity index (χ2v) is 7.15. The van der Waals surface area contributed by atoms with E-state index in [1.807, 2.05) is 0 Å². The molecule has 0 bridgehead atoms. The van der Waals surface area contributed by atoms with Crippen molar-refractivity contribution in [3.63, 3.8) is 0 Å². The second-order valence-electron chi connectivity index (χ2n) is 7.15. The van der Waals surface area contributed by atoms with Crippen LogP contribution in [0.5, 0.6) is 0 Å². The lowest BCUT2D eigenvalue weighted by Gasteiger charge is -2.03. The normalized spacial score (nSPS) is 15.2. The fraction of sp³-hybridized carbons (Fsp3) is 0.619. The van der Waals surface area contributed by atoms with E-state index in [9.17, 15) is 0 Å². The first-order valence-electron chi connectivity index (χ1n) is 9.79. The molecule has 3 heteroatoms. The molecule has 0 amide bonds. The van der Waals surface area contributed by atoms with Gasteiger partial charge in [0.05, 0.1) is 0 Å². The van der Waals surface area contributed by atoms with Crippen molar-refractivity contribution in [3.8, 4) is 11.4 Å². The topological polar surface area (TPSA) is 38.9 Å². The van der Waals surface area contributed by atoms with E-state index < -0.39 is 0 Å². The van der Waals surface area contributed by atoms with Crippen molar-refractivity contribution >= 4 is 0 Å². The van der Waals surface area contributed by atoms with Crippen LogP contribution in [0.25, 0.3) is 11.4 Å². The van der Waals surface area contributed by atoms with Crippen molar-refractivity contribution in [1.29, 1.82) is 0 Å². The average molecular weight is 326 g/mol. The van der Waals surface area contributed by atoms with Crippen LogP contribution in [0.3, 0.4) is 0 Å². The Balaban J connectivity index is 1.49. The van der Waals surface area contributed by atoms with E-state index in [-0.39, 0.29) is 0 Å². The van der Waals surface area contributed by atoms with Crippen LogP contribution in [0.2, 0.25) is 0 Å². The van der Waals surface area contributed by atoms with Crippen molar-refractivity contribution in [3.05, 3.63) is 35.7 Å². The molecule has 0 aliphatic heterocycles. The molecule has 1 saturated carbocycles. The lowest BCUT2D eigenvalue weighted by molar-refractivity contribution is 0.354. The predicted octanol–water partition coefficient (Wildman–Crippen LogP) is 6.30. The number of hydrogen-bond acceptors (Lipinski definition) is 3. The van der Waals surface area contributed by atoms with Gasteiger partial charge in [0.2, 0.25) is 11.7 Å². The summed E-state index contributed by atoms with van der Waals surface area (Å²) in [6.45, 7) is 2.27. The highest BCUT2D eigenvalue weighted by molar-refractivity contribution is 5.54. The molecule has 1 aromatic heterocycles. The van der Waals surface area contributed by atoms with Gasteiger partial charge in [0.1, 0.15) is 0 Å². The maximum atomic E-state index is 5.48. The van der Waals surface area contributed by atoms with Crippen molar-refractivity contribution in [2.75, 3.05) is 0 Å². The lowest BCUT2D eigenvalue weighted by atomic mass is 10.0. The lowest BCUT2D eigenvalue weighted by Crippen LogP contribution is -1.92. The van der Waals surface area contributed by atoms with Gasteiger partial charge in [0.15, 0.2) is 0 Å². The van der Waals surface area contributed by atoms with Gasteiger partial charge in [-0.05, 0) is 31.2 Å². The molecule has 24 heavy (non-hydrogen) atoms. The molecule has 1 aliphatic rings. The number of benzene rings is 1. The third kappa shape index (κ3) is 4.68. The third-order valence-corrected chi connectivity index (χ3v) is 5.18. The summed E-state index contributed by atoms with van der Waals surface area (Å²) >= 11 is 0. The molecule has 0 N–H and O–H groups in total. The molecule has 3 nitrogen and oxygen atoms in total. The predicted molar refractivity (Wildman–Crippen MR) is 98.0 cm³/mol. The largest absolute Gasteiger partial charge is 0.339 e. The Morgan fingerprint density at radius 3 is 2.42 bits per heavy atom. The molecule has 0 atom stereocenters. The Bertz CT molecular complexity index is 597. The molecule has 0 radical (unpaired) electrons. The molecule has 1 fully saturated rings. The van der Waals surface area contributed by atoms with Gasteiger partial charge in [0, 0.05) is 11.5 Å². The van der Waals surface area contributed by atoms with E-state index in [2.05, 4.69) is 41.3 Å². The third-order valence-electron chi connectivity index (χ3n) is 5.18. The van der Waals surface area contributed by atoms with Gasteiger partial charge >= 0.3 is 0 Å². The maximum absolute atomic E-state index is 5.48.